The van der Waals surface area contributed by atoms with E-state index in [-0.39, 0.29) is 11.5 Å². The van der Waals surface area contributed by atoms with Crippen LogP contribution in [-0.2, 0) is 13.0 Å². The fourth-order valence-corrected chi connectivity index (χ4v) is 4.39. The van der Waals surface area contributed by atoms with Crippen molar-refractivity contribution in [1.29, 1.82) is 0 Å². The highest BCUT2D eigenvalue weighted by molar-refractivity contribution is 6.32. The molecule has 0 aromatic heterocycles. The number of rotatable bonds is 6. The minimum Gasteiger partial charge on any atom is -0.493 e. The van der Waals surface area contributed by atoms with Crippen molar-refractivity contribution in [2.24, 2.45) is 0 Å². The van der Waals surface area contributed by atoms with E-state index in [0.717, 1.165) is 35.4 Å². The van der Waals surface area contributed by atoms with Gasteiger partial charge >= 0.3 is 0 Å². The number of ketones is 1. The maximum Gasteiger partial charge on any atom is 0.231 e. The quantitative estimate of drug-likeness (QED) is 0.445. The number of fused-ring (bicyclic) bond motifs is 3. The van der Waals surface area contributed by atoms with Gasteiger partial charge in [0, 0.05) is 18.1 Å². The van der Waals surface area contributed by atoms with Crippen molar-refractivity contribution in [2.75, 3.05) is 27.5 Å². The van der Waals surface area contributed by atoms with Gasteiger partial charge in [0.25, 0.3) is 0 Å². The maximum atomic E-state index is 13.0. The number of nitrogens with zero attached hydrogens (tertiary/aromatic N) is 1. The molecule has 0 bridgehead atoms. The third-order valence-electron chi connectivity index (χ3n) is 6.04. The van der Waals surface area contributed by atoms with Crippen LogP contribution in [0.1, 0.15) is 27.0 Å². The van der Waals surface area contributed by atoms with E-state index < -0.39 is 0 Å². The third kappa shape index (κ3) is 4.22. The number of hydrogen-bond donors (Lipinski definition) is 0. The minimum atomic E-state index is -0.153. The van der Waals surface area contributed by atoms with Gasteiger partial charge in [-0.05, 0) is 54.0 Å². The first-order valence-corrected chi connectivity index (χ1v) is 11.4. The van der Waals surface area contributed by atoms with Crippen molar-refractivity contribution in [3.05, 3.63) is 87.6 Å². The second kappa shape index (κ2) is 9.41. The highest BCUT2D eigenvalue weighted by Gasteiger charge is 2.33. The molecular formula is C27H24ClNO5. The molecule has 0 radical (unpaired) electrons. The maximum absolute atomic E-state index is 13.0. The Hall–Kier alpha value is -3.48. The van der Waals surface area contributed by atoms with Gasteiger partial charge in [-0.15, -0.1) is 0 Å². The highest BCUT2D eigenvalue weighted by Crippen LogP contribution is 2.42. The lowest BCUT2D eigenvalue weighted by molar-refractivity contribution is 0.0949. The lowest BCUT2D eigenvalue weighted by Crippen LogP contribution is -2.33. The number of ether oxygens (including phenoxy) is 4. The average Bonchev–Trinajstić information content (AvgIpc) is 3.19. The Balaban J connectivity index is 1.34. The fraction of sp³-hybridized carbons (Fsp3) is 0.222. The molecule has 0 atom stereocenters. The molecule has 3 aromatic rings. The first kappa shape index (κ1) is 22.3. The predicted octanol–water partition coefficient (Wildman–Crippen LogP) is 5.37. The van der Waals surface area contributed by atoms with Crippen LogP contribution in [-0.4, -0.2) is 38.2 Å². The number of benzene rings is 3. The number of carbonyl (C=O) groups is 1. The molecule has 0 unspecified atom stereocenters. The molecule has 3 aromatic carbocycles. The van der Waals surface area contributed by atoms with E-state index >= 15 is 0 Å². The van der Waals surface area contributed by atoms with E-state index in [1.165, 1.54) is 0 Å². The van der Waals surface area contributed by atoms with E-state index in [2.05, 4.69) is 4.90 Å². The van der Waals surface area contributed by atoms with E-state index in [4.69, 9.17) is 30.5 Å². The number of halogens is 1. The topological polar surface area (TPSA) is 57.2 Å². The summed E-state index contributed by atoms with van der Waals surface area (Å²) in [7, 11) is 3.26. The number of Topliss-reactive ketones (excluding diaryl/α,β-unsaturated/α-hetero) is 1. The molecule has 34 heavy (non-hydrogen) atoms. The summed E-state index contributed by atoms with van der Waals surface area (Å²) < 4.78 is 22.8. The lowest BCUT2D eigenvalue weighted by atomic mass is 10.0. The van der Waals surface area contributed by atoms with Crippen molar-refractivity contribution < 1.29 is 23.7 Å². The Morgan fingerprint density at radius 3 is 2.68 bits per heavy atom. The van der Waals surface area contributed by atoms with Gasteiger partial charge in [-0.25, -0.2) is 0 Å². The second-order valence-corrected chi connectivity index (χ2v) is 8.55. The Kier molecular flexibility index (Phi) is 6.18. The molecule has 7 heteroatoms. The van der Waals surface area contributed by atoms with E-state index in [9.17, 15) is 4.79 Å². The summed E-state index contributed by atoms with van der Waals surface area (Å²) in [5.41, 5.74) is 3.30. The molecule has 0 N–H and O–H groups in total. The van der Waals surface area contributed by atoms with Gasteiger partial charge in [-0.1, -0.05) is 35.9 Å². The molecule has 0 amide bonds. The normalized spacial score (nSPS) is 16.0. The van der Waals surface area contributed by atoms with Gasteiger partial charge < -0.3 is 18.9 Å². The van der Waals surface area contributed by atoms with Crippen LogP contribution >= 0.6 is 11.6 Å². The van der Waals surface area contributed by atoms with Crippen LogP contribution in [0.2, 0.25) is 5.02 Å². The van der Waals surface area contributed by atoms with E-state index in [1.807, 2.05) is 42.5 Å². The van der Waals surface area contributed by atoms with Crippen LogP contribution in [0.25, 0.3) is 6.08 Å². The molecular weight excluding hydrogens is 454 g/mol. The summed E-state index contributed by atoms with van der Waals surface area (Å²) in [5, 5.41) is 0.564. The molecule has 2 aliphatic heterocycles. The Morgan fingerprint density at radius 2 is 1.88 bits per heavy atom. The highest BCUT2D eigenvalue weighted by atomic mass is 35.5. The Bertz CT molecular complexity index is 1290. The Labute approximate surface area is 203 Å². The zero-order valence-corrected chi connectivity index (χ0v) is 19.7. The second-order valence-electron chi connectivity index (χ2n) is 8.15. The summed E-state index contributed by atoms with van der Waals surface area (Å²) in [6.45, 7) is 1.86. The molecule has 0 fully saturated rings. The smallest absolute Gasteiger partial charge is 0.231 e. The van der Waals surface area contributed by atoms with Crippen molar-refractivity contribution in [1.82, 2.24) is 4.90 Å². The summed E-state index contributed by atoms with van der Waals surface area (Å²) in [4.78, 5) is 15.2. The van der Waals surface area contributed by atoms with E-state index in [0.29, 0.717) is 41.1 Å². The van der Waals surface area contributed by atoms with Crippen LogP contribution in [0, 0.1) is 0 Å². The third-order valence-corrected chi connectivity index (χ3v) is 6.38. The van der Waals surface area contributed by atoms with Crippen LogP contribution in [0.3, 0.4) is 0 Å². The molecule has 0 spiro atoms. The monoisotopic (exact) mass is 477 g/mol. The number of allylic oxidation sites excluding steroid dienone is 1. The lowest BCUT2D eigenvalue weighted by Gasteiger charge is -2.29. The van der Waals surface area contributed by atoms with Gasteiger partial charge in [0.05, 0.1) is 25.3 Å². The SMILES string of the molecule is COc1ccc(CCN2COc3ccc4c(c3C2)O/C(=C\c2ccccc2Cl)C4=O)cc1OC. The van der Waals surface area contributed by atoms with Crippen LogP contribution in [0.15, 0.2) is 60.4 Å². The fourth-order valence-electron chi connectivity index (χ4n) is 4.20. The zero-order valence-electron chi connectivity index (χ0n) is 19.0. The molecule has 0 saturated heterocycles. The molecule has 5 rings (SSSR count). The number of methoxy groups -OCH3 is 2. The summed E-state index contributed by atoms with van der Waals surface area (Å²) in [5.74, 6) is 2.84. The number of carbonyl (C=O) groups excluding carboxylic acids is 1. The predicted molar refractivity (Wildman–Crippen MR) is 130 cm³/mol. The van der Waals surface area contributed by atoms with Crippen molar-refractivity contribution in [2.45, 2.75) is 13.0 Å². The van der Waals surface area contributed by atoms with Crippen LogP contribution in [0.5, 0.6) is 23.0 Å². The van der Waals surface area contributed by atoms with Crippen molar-refractivity contribution in [3.8, 4) is 23.0 Å². The van der Waals surface area contributed by atoms with Crippen molar-refractivity contribution in [3.63, 3.8) is 0 Å². The van der Waals surface area contributed by atoms with Gasteiger partial charge in [0.2, 0.25) is 5.78 Å². The number of hydrogen-bond acceptors (Lipinski definition) is 6. The first-order valence-electron chi connectivity index (χ1n) is 11.0. The molecule has 6 nitrogen and oxygen atoms in total. The van der Waals surface area contributed by atoms with Gasteiger partial charge in [-0.3, -0.25) is 9.69 Å². The van der Waals surface area contributed by atoms with Gasteiger partial charge in [0.15, 0.2) is 17.3 Å². The largest absolute Gasteiger partial charge is 0.493 e. The van der Waals surface area contributed by atoms with Crippen LogP contribution < -0.4 is 18.9 Å². The average molecular weight is 478 g/mol. The zero-order chi connectivity index (χ0) is 23.7. The van der Waals surface area contributed by atoms with Gasteiger partial charge in [0.1, 0.15) is 18.2 Å². The van der Waals surface area contributed by atoms with E-state index in [1.54, 1.807) is 32.4 Å². The molecule has 0 saturated carbocycles. The summed E-state index contributed by atoms with van der Waals surface area (Å²) >= 11 is 6.26. The molecule has 2 aliphatic rings. The van der Waals surface area contributed by atoms with Gasteiger partial charge in [-0.2, -0.15) is 0 Å². The van der Waals surface area contributed by atoms with Crippen LogP contribution in [0.4, 0.5) is 0 Å². The summed E-state index contributed by atoms with van der Waals surface area (Å²) in [6, 6.07) is 16.9. The Morgan fingerprint density at radius 1 is 1.06 bits per heavy atom. The molecule has 0 aliphatic carbocycles. The minimum absolute atomic E-state index is 0.153. The summed E-state index contributed by atoms with van der Waals surface area (Å²) in [6.07, 6.45) is 2.50. The molecule has 174 valence electrons. The first-order chi connectivity index (χ1) is 16.6. The standard InChI is InChI=1S/C27H24ClNO5/c1-31-23-9-7-17(13-24(23)32-2)11-12-29-15-20-22(33-16-29)10-8-19-26(30)25(34-27(19)20)14-18-5-3-4-6-21(18)28/h3-10,13-14H,11-12,15-16H2,1-2H3/b25-14-. The molecule has 2 heterocycles. The van der Waals surface area contributed by atoms with Crippen molar-refractivity contribution >= 4 is 23.5 Å².